The molecule has 1 aliphatic heterocycles. The molecule has 0 aromatic carbocycles. The molecule has 0 saturated carbocycles. The maximum atomic E-state index is 12.8. The van der Waals surface area contributed by atoms with Gasteiger partial charge in [0.15, 0.2) is 0 Å². The summed E-state index contributed by atoms with van der Waals surface area (Å²) in [7, 11) is 0. The van der Waals surface area contributed by atoms with Gasteiger partial charge in [-0.2, -0.15) is 13.2 Å². The van der Waals surface area contributed by atoms with Gasteiger partial charge in [0.2, 0.25) is 0 Å². The zero-order valence-electron chi connectivity index (χ0n) is 12.2. The number of nitrogens with one attached hydrogen (secondary N) is 1. The van der Waals surface area contributed by atoms with Crippen molar-refractivity contribution in [2.45, 2.75) is 38.9 Å². The van der Waals surface area contributed by atoms with Crippen molar-refractivity contribution in [2.24, 2.45) is 5.92 Å². The van der Waals surface area contributed by atoms with E-state index in [0.717, 1.165) is 18.7 Å². The topological polar surface area (TPSA) is 41.1 Å². The molecule has 7 heteroatoms. The molecular weight excluding hydrogens is 281 g/mol. The van der Waals surface area contributed by atoms with E-state index >= 15 is 0 Å². The minimum Gasteiger partial charge on any atom is -0.355 e. The number of hydrogen-bond donors (Lipinski definition) is 1. The average molecular weight is 302 g/mol. The molecule has 4 nitrogen and oxygen atoms in total. The lowest BCUT2D eigenvalue weighted by Crippen LogP contribution is -2.42. The second-order valence-electron chi connectivity index (χ2n) is 5.37. The predicted octanol–water partition coefficient (Wildman–Crippen LogP) is 2.75. The quantitative estimate of drug-likeness (QED) is 0.849. The third-order valence-corrected chi connectivity index (χ3v) is 3.63. The second-order valence-corrected chi connectivity index (χ2v) is 5.37. The summed E-state index contributed by atoms with van der Waals surface area (Å²) in [6, 6.07) is 0. The summed E-state index contributed by atoms with van der Waals surface area (Å²) in [6.45, 7) is 4.20. The van der Waals surface area contributed by atoms with Gasteiger partial charge in [0, 0.05) is 19.6 Å². The fourth-order valence-electron chi connectivity index (χ4n) is 2.45. The maximum absolute atomic E-state index is 12.8. The first-order chi connectivity index (χ1) is 10.0. The SMILES string of the molecule is CCCNCc1cnc(N2CCCC(C(F)(F)F)C2)cn1. The van der Waals surface area contributed by atoms with Crippen LogP contribution in [0.1, 0.15) is 31.9 Å². The van der Waals surface area contributed by atoms with Crippen LogP contribution in [0, 0.1) is 5.92 Å². The Kier molecular flexibility index (Phi) is 5.39. The van der Waals surface area contributed by atoms with E-state index in [9.17, 15) is 13.2 Å². The van der Waals surface area contributed by atoms with E-state index in [1.165, 1.54) is 0 Å². The lowest BCUT2D eigenvalue weighted by atomic mass is 9.97. The molecular formula is C14H21F3N4. The van der Waals surface area contributed by atoms with Gasteiger partial charge in [0.25, 0.3) is 0 Å². The molecule has 1 N–H and O–H groups in total. The Morgan fingerprint density at radius 3 is 2.76 bits per heavy atom. The lowest BCUT2D eigenvalue weighted by molar-refractivity contribution is -0.176. The van der Waals surface area contributed by atoms with Crippen LogP contribution in [0.2, 0.25) is 0 Å². The molecule has 1 atom stereocenters. The van der Waals surface area contributed by atoms with E-state index in [0.29, 0.717) is 25.3 Å². The van der Waals surface area contributed by atoms with Gasteiger partial charge in [0.05, 0.1) is 24.0 Å². The molecule has 2 heterocycles. The Morgan fingerprint density at radius 2 is 2.14 bits per heavy atom. The Morgan fingerprint density at radius 1 is 1.33 bits per heavy atom. The Hall–Kier alpha value is -1.37. The summed E-state index contributed by atoms with van der Waals surface area (Å²) in [5.41, 5.74) is 0.802. The van der Waals surface area contributed by atoms with Crippen LogP contribution in [-0.4, -0.2) is 35.8 Å². The van der Waals surface area contributed by atoms with Crippen molar-refractivity contribution >= 4 is 5.82 Å². The van der Waals surface area contributed by atoms with E-state index in [1.54, 1.807) is 17.3 Å². The van der Waals surface area contributed by atoms with Crippen LogP contribution in [-0.2, 0) is 6.54 Å². The van der Waals surface area contributed by atoms with E-state index in [1.807, 2.05) is 0 Å². The number of aromatic nitrogens is 2. The molecule has 2 rings (SSSR count). The summed E-state index contributed by atoms with van der Waals surface area (Å²) in [4.78, 5) is 10.2. The Balaban J connectivity index is 1.95. The minimum absolute atomic E-state index is 0.0222. The largest absolute Gasteiger partial charge is 0.393 e. The van der Waals surface area contributed by atoms with Gasteiger partial charge in [-0.25, -0.2) is 4.98 Å². The molecule has 0 radical (unpaired) electrons. The zero-order valence-corrected chi connectivity index (χ0v) is 12.2. The number of rotatable bonds is 5. The minimum atomic E-state index is -4.13. The summed E-state index contributed by atoms with van der Waals surface area (Å²) < 4.78 is 38.4. The van der Waals surface area contributed by atoms with Gasteiger partial charge in [-0.05, 0) is 25.8 Å². The van der Waals surface area contributed by atoms with E-state index in [2.05, 4.69) is 22.2 Å². The third kappa shape index (κ3) is 4.56. The van der Waals surface area contributed by atoms with Crippen LogP contribution < -0.4 is 10.2 Å². The first kappa shape index (κ1) is 16.0. The monoisotopic (exact) mass is 302 g/mol. The van der Waals surface area contributed by atoms with Crippen LogP contribution in [0.5, 0.6) is 0 Å². The van der Waals surface area contributed by atoms with Crippen molar-refractivity contribution in [3.63, 3.8) is 0 Å². The first-order valence-electron chi connectivity index (χ1n) is 7.34. The number of alkyl halides is 3. The molecule has 1 unspecified atom stereocenters. The molecule has 0 bridgehead atoms. The molecule has 1 aromatic rings. The smallest absolute Gasteiger partial charge is 0.355 e. The summed E-state index contributed by atoms with van der Waals surface area (Å²) in [6.07, 6.45) is 0.850. The Labute approximate surface area is 122 Å². The number of hydrogen-bond acceptors (Lipinski definition) is 4. The number of anilines is 1. The van der Waals surface area contributed by atoms with Gasteiger partial charge in [-0.15, -0.1) is 0 Å². The molecule has 1 aliphatic rings. The van der Waals surface area contributed by atoms with Crippen LogP contribution in [0.15, 0.2) is 12.4 Å². The molecule has 1 saturated heterocycles. The summed E-state index contributed by atoms with van der Waals surface area (Å²) >= 11 is 0. The van der Waals surface area contributed by atoms with Gasteiger partial charge in [-0.1, -0.05) is 6.92 Å². The van der Waals surface area contributed by atoms with E-state index in [-0.39, 0.29) is 13.0 Å². The highest BCUT2D eigenvalue weighted by atomic mass is 19.4. The molecule has 0 aliphatic carbocycles. The highest BCUT2D eigenvalue weighted by Crippen LogP contribution is 2.34. The lowest BCUT2D eigenvalue weighted by Gasteiger charge is -2.34. The molecule has 118 valence electrons. The average Bonchev–Trinajstić information content (AvgIpc) is 2.47. The predicted molar refractivity (Wildman–Crippen MR) is 75.0 cm³/mol. The van der Waals surface area contributed by atoms with Crippen molar-refractivity contribution in [2.75, 3.05) is 24.5 Å². The summed E-state index contributed by atoms with van der Waals surface area (Å²) in [5.74, 6) is -0.734. The number of halogens is 3. The zero-order chi connectivity index (χ0) is 15.3. The van der Waals surface area contributed by atoms with Crippen LogP contribution in [0.3, 0.4) is 0 Å². The third-order valence-electron chi connectivity index (χ3n) is 3.63. The molecule has 0 amide bonds. The van der Waals surface area contributed by atoms with Crippen LogP contribution in [0.4, 0.5) is 19.0 Å². The van der Waals surface area contributed by atoms with E-state index in [4.69, 9.17) is 0 Å². The van der Waals surface area contributed by atoms with Gasteiger partial charge >= 0.3 is 6.18 Å². The van der Waals surface area contributed by atoms with Crippen molar-refractivity contribution in [3.05, 3.63) is 18.1 Å². The van der Waals surface area contributed by atoms with Crippen LogP contribution >= 0.6 is 0 Å². The summed E-state index contributed by atoms with van der Waals surface area (Å²) in [5, 5.41) is 3.21. The second kappa shape index (κ2) is 7.06. The first-order valence-corrected chi connectivity index (χ1v) is 7.34. The van der Waals surface area contributed by atoms with Crippen LogP contribution in [0.25, 0.3) is 0 Å². The normalized spacial score (nSPS) is 19.8. The fourth-order valence-corrected chi connectivity index (χ4v) is 2.45. The van der Waals surface area contributed by atoms with Crippen molar-refractivity contribution in [1.82, 2.24) is 15.3 Å². The highest BCUT2D eigenvalue weighted by molar-refractivity contribution is 5.36. The van der Waals surface area contributed by atoms with Crippen molar-refractivity contribution in [3.8, 4) is 0 Å². The number of piperidine rings is 1. The molecule has 1 aromatic heterocycles. The standard InChI is InChI=1S/C14H21F3N4/c1-2-5-18-7-12-8-20-13(9-19-12)21-6-3-4-11(10-21)14(15,16)17/h8-9,11,18H,2-7,10H2,1H3. The van der Waals surface area contributed by atoms with Crippen molar-refractivity contribution < 1.29 is 13.2 Å². The number of nitrogens with zero attached hydrogens (tertiary/aromatic N) is 3. The van der Waals surface area contributed by atoms with E-state index < -0.39 is 12.1 Å². The maximum Gasteiger partial charge on any atom is 0.393 e. The van der Waals surface area contributed by atoms with Gasteiger partial charge < -0.3 is 10.2 Å². The Bertz CT molecular complexity index is 433. The molecule has 0 spiro atoms. The molecule has 1 fully saturated rings. The van der Waals surface area contributed by atoms with Crippen molar-refractivity contribution in [1.29, 1.82) is 0 Å². The molecule has 21 heavy (non-hydrogen) atoms. The van der Waals surface area contributed by atoms with Gasteiger partial charge in [0.1, 0.15) is 5.82 Å². The fraction of sp³-hybridized carbons (Fsp3) is 0.714. The van der Waals surface area contributed by atoms with Gasteiger partial charge in [-0.3, -0.25) is 4.98 Å². The highest BCUT2D eigenvalue weighted by Gasteiger charge is 2.42.